The monoisotopic (exact) mass is 277 g/mol. The van der Waals surface area contributed by atoms with Crippen molar-refractivity contribution in [3.63, 3.8) is 0 Å². The molecule has 2 rings (SSSR count). The van der Waals surface area contributed by atoms with Crippen LogP contribution >= 0.6 is 0 Å². The number of benzene rings is 1. The summed E-state index contributed by atoms with van der Waals surface area (Å²) < 4.78 is 0. The topological polar surface area (TPSA) is 78.6 Å². The van der Waals surface area contributed by atoms with Crippen LogP contribution in [0, 0.1) is 0 Å². The first kappa shape index (κ1) is 14.7. The van der Waals surface area contributed by atoms with E-state index in [-0.39, 0.29) is 23.4 Å². The van der Waals surface area contributed by atoms with E-state index in [2.05, 4.69) is 17.1 Å². The van der Waals surface area contributed by atoms with Gasteiger partial charge in [0.25, 0.3) is 5.91 Å². The highest BCUT2D eigenvalue weighted by molar-refractivity contribution is 5.95. The lowest BCUT2D eigenvalue weighted by Gasteiger charge is -2.32. The van der Waals surface area contributed by atoms with E-state index < -0.39 is 0 Å². The van der Waals surface area contributed by atoms with Crippen molar-refractivity contribution in [3.8, 4) is 5.75 Å². The van der Waals surface area contributed by atoms with E-state index >= 15 is 0 Å². The minimum atomic E-state index is -0.144. The maximum Gasteiger partial charge on any atom is 0.251 e. The van der Waals surface area contributed by atoms with Gasteiger partial charge in [0.05, 0.1) is 5.69 Å². The molecule has 1 fully saturated rings. The van der Waals surface area contributed by atoms with Gasteiger partial charge in [0.2, 0.25) is 0 Å². The molecule has 0 bridgehead atoms. The molecule has 0 spiro atoms. The largest absolute Gasteiger partial charge is 0.506 e. The molecular formula is C15H23N3O2. The van der Waals surface area contributed by atoms with Crippen molar-refractivity contribution in [2.24, 2.45) is 0 Å². The second-order valence-electron chi connectivity index (χ2n) is 5.36. The molecule has 4 N–H and O–H groups in total. The Kier molecular flexibility index (Phi) is 4.84. The Morgan fingerprint density at radius 1 is 1.45 bits per heavy atom. The first-order valence-corrected chi connectivity index (χ1v) is 7.22. The Bertz CT molecular complexity index is 468. The maximum absolute atomic E-state index is 12.1. The number of phenolic OH excluding ortho intramolecular Hbond substituents is 1. The molecule has 5 nitrogen and oxygen atoms in total. The van der Waals surface area contributed by atoms with Gasteiger partial charge in [0, 0.05) is 24.7 Å². The van der Waals surface area contributed by atoms with Crippen LogP contribution in [-0.4, -0.2) is 41.6 Å². The van der Waals surface area contributed by atoms with Gasteiger partial charge in [0.1, 0.15) is 5.75 Å². The molecule has 1 amide bonds. The number of piperidine rings is 1. The number of likely N-dealkylation sites (tertiary alicyclic amines) is 1. The molecule has 0 aromatic heterocycles. The summed E-state index contributed by atoms with van der Waals surface area (Å²) in [7, 11) is 0. The van der Waals surface area contributed by atoms with E-state index in [1.54, 1.807) is 12.1 Å². The molecule has 1 heterocycles. The van der Waals surface area contributed by atoms with Crippen LogP contribution < -0.4 is 11.1 Å². The summed E-state index contributed by atoms with van der Waals surface area (Å²) in [5, 5.41) is 12.6. The van der Waals surface area contributed by atoms with Gasteiger partial charge in [-0.1, -0.05) is 6.92 Å². The number of amides is 1. The van der Waals surface area contributed by atoms with Crippen molar-refractivity contribution in [2.45, 2.75) is 32.2 Å². The van der Waals surface area contributed by atoms with Crippen LogP contribution in [0.1, 0.15) is 36.5 Å². The Morgan fingerprint density at radius 3 is 2.75 bits per heavy atom. The number of phenols is 1. The molecule has 1 aromatic rings. The molecule has 1 aromatic carbocycles. The lowest BCUT2D eigenvalue weighted by molar-refractivity contribution is 0.0911. The van der Waals surface area contributed by atoms with Gasteiger partial charge in [0.15, 0.2) is 0 Å². The number of rotatable bonds is 4. The van der Waals surface area contributed by atoms with E-state index in [9.17, 15) is 9.90 Å². The third-order valence-corrected chi connectivity index (χ3v) is 3.76. The number of carbonyl (C=O) groups excluding carboxylic acids is 1. The number of hydrogen-bond acceptors (Lipinski definition) is 4. The van der Waals surface area contributed by atoms with Gasteiger partial charge in [-0.3, -0.25) is 4.79 Å². The van der Waals surface area contributed by atoms with Crippen molar-refractivity contribution >= 4 is 11.6 Å². The van der Waals surface area contributed by atoms with E-state index in [4.69, 9.17) is 5.73 Å². The number of hydrogen-bond donors (Lipinski definition) is 3. The van der Waals surface area contributed by atoms with Crippen LogP contribution in [0.25, 0.3) is 0 Å². The van der Waals surface area contributed by atoms with Crippen LogP contribution in [0.4, 0.5) is 5.69 Å². The van der Waals surface area contributed by atoms with Crippen molar-refractivity contribution in [1.29, 1.82) is 0 Å². The van der Waals surface area contributed by atoms with Crippen LogP contribution in [0.15, 0.2) is 18.2 Å². The van der Waals surface area contributed by atoms with Crippen molar-refractivity contribution < 1.29 is 9.90 Å². The van der Waals surface area contributed by atoms with Gasteiger partial charge < -0.3 is 21.1 Å². The molecule has 5 heteroatoms. The minimum Gasteiger partial charge on any atom is -0.506 e. The zero-order valence-corrected chi connectivity index (χ0v) is 11.9. The molecule has 110 valence electrons. The van der Waals surface area contributed by atoms with Crippen molar-refractivity contribution in [3.05, 3.63) is 23.8 Å². The van der Waals surface area contributed by atoms with E-state index in [0.29, 0.717) is 5.56 Å². The molecule has 1 aliphatic rings. The smallest absolute Gasteiger partial charge is 0.251 e. The summed E-state index contributed by atoms with van der Waals surface area (Å²) in [5.41, 5.74) is 6.27. The van der Waals surface area contributed by atoms with E-state index in [1.807, 2.05) is 0 Å². The average molecular weight is 277 g/mol. The third kappa shape index (κ3) is 3.63. The van der Waals surface area contributed by atoms with Crippen LogP contribution in [0.5, 0.6) is 5.75 Å². The predicted molar refractivity (Wildman–Crippen MR) is 79.7 cm³/mol. The van der Waals surface area contributed by atoms with Crippen molar-refractivity contribution in [2.75, 3.05) is 25.4 Å². The summed E-state index contributed by atoms with van der Waals surface area (Å²) in [6.07, 6.45) is 3.13. The molecule has 1 saturated heterocycles. The fourth-order valence-electron chi connectivity index (χ4n) is 2.57. The summed E-state index contributed by atoms with van der Waals surface area (Å²) in [6, 6.07) is 4.82. The Balaban J connectivity index is 1.87. The van der Waals surface area contributed by atoms with E-state index in [1.165, 1.54) is 12.5 Å². The number of carbonyl (C=O) groups is 1. The standard InChI is InChI=1S/C15H23N3O2/c1-2-7-18-8-5-12(6-9-18)17-15(20)11-3-4-13(16)14(19)10-11/h3-4,10,12,19H,2,5-9,16H2,1H3,(H,17,20). The predicted octanol–water partition coefficient (Wildman–Crippen LogP) is 1.58. The van der Waals surface area contributed by atoms with Gasteiger partial charge in [-0.25, -0.2) is 0 Å². The molecule has 1 aliphatic heterocycles. The molecule has 0 atom stereocenters. The van der Waals surface area contributed by atoms with Gasteiger partial charge in [-0.15, -0.1) is 0 Å². The fraction of sp³-hybridized carbons (Fsp3) is 0.533. The number of aromatic hydroxyl groups is 1. The van der Waals surface area contributed by atoms with Gasteiger partial charge in [-0.05, 0) is 44.0 Å². The maximum atomic E-state index is 12.1. The van der Waals surface area contributed by atoms with E-state index in [0.717, 1.165) is 32.5 Å². The minimum absolute atomic E-state index is 0.0459. The molecule has 0 radical (unpaired) electrons. The quantitative estimate of drug-likeness (QED) is 0.577. The number of nitrogens with one attached hydrogen (secondary N) is 1. The zero-order valence-electron chi connectivity index (χ0n) is 11.9. The Labute approximate surface area is 119 Å². The Morgan fingerprint density at radius 2 is 2.15 bits per heavy atom. The summed E-state index contributed by atoms with van der Waals surface area (Å²) >= 11 is 0. The molecular weight excluding hydrogens is 254 g/mol. The molecule has 0 aliphatic carbocycles. The highest BCUT2D eigenvalue weighted by Gasteiger charge is 2.20. The van der Waals surface area contributed by atoms with Crippen LogP contribution in [-0.2, 0) is 0 Å². The second-order valence-corrected chi connectivity index (χ2v) is 5.36. The summed E-state index contributed by atoms with van der Waals surface area (Å²) in [4.78, 5) is 14.5. The second kappa shape index (κ2) is 6.61. The highest BCUT2D eigenvalue weighted by Crippen LogP contribution is 2.21. The zero-order chi connectivity index (χ0) is 14.5. The highest BCUT2D eigenvalue weighted by atomic mass is 16.3. The average Bonchev–Trinajstić information content (AvgIpc) is 2.44. The molecule has 0 saturated carbocycles. The van der Waals surface area contributed by atoms with Gasteiger partial charge in [-0.2, -0.15) is 0 Å². The SMILES string of the molecule is CCCN1CCC(NC(=O)c2ccc(N)c(O)c2)CC1. The van der Waals surface area contributed by atoms with Gasteiger partial charge >= 0.3 is 0 Å². The first-order valence-electron chi connectivity index (χ1n) is 7.22. The number of anilines is 1. The third-order valence-electron chi connectivity index (χ3n) is 3.76. The van der Waals surface area contributed by atoms with Crippen LogP contribution in [0.2, 0.25) is 0 Å². The molecule has 0 unspecified atom stereocenters. The fourth-order valence-corrected chi connectivity index (χ4v) is 2.57. The lowest BCUT2D eigenvalue weighted by Crippen LogP contribution is -2.44. The molecule has 20 heavy (non-hydrogen) atoms. The Hall–Kier alpha value is -1.75. The summed E-state index contributed by atoms with van der Waals surface area (Å²) in [6.45, 7) is 5.38. The number of nitrogens with two attached hydrogens (primary N) is 1. The van der Waals surface area contributed by atoms with Crippen LogP contribution in [0.3, 0.4) is 0 Å². The normalized spacial score (nSPS) is 17.1. The lowest BCUT2D eigenvalue weighted by atomic mass is 10.0. The van der Waals surface area contributed by atoms with Crippen molar-refractivity contribution in [1.82, 2.24) is 10.2 Å². The number of nitrogens with zero attached hydrogens (tertiary/aromatic N) is 1. The summed E-state index contributed by atoms with van der Waals surface area (Å²) in [5.74, 6) is -0.190. The first-order chi connectivity index (χ1) is 9.60. The number of nitrogen functional groups attached to an aromatic ring is 1.